The van der Waals surface area contributed by atoms with Crippen LogP contribution < -0.4 is 21.3 Å². The van der Waals surface area contributed by atoms with Gasteiger partial charge >= 0.3 is 6.03 Å². The molecule has 234 valence electrons. The number of amidine groups is 1. The minimum absolute atomic E-state index is 0.0328. The summed E-state index contributed by atoms with van der Waals surface area (Å²) in [5.41, 5.74) is 9.46. The van der Waals surface area contributed by atoms with Gasteiger partial charge in [0.1, 0.15) is 6.04 Å². The number of amides is 4. The highest BCUT2D eigenvalue weighted by Gasteiger charge is 2.40. The van der Waals surface area contributed by atoms with Crippen molar-refractivity contribution in [2.45, 2.75) is 82.8 Å². The number of urea groups is 1. The van der Waals surface area contributed by atoms with Crippen molar-refractivity contribution in [2.24, 2.45) is 16.6 Å². The van der Waals surface area contributed by atoms with Crippen molar-refractivity contribution in [3.63, 3.8) is 0 Å². The van der Waals surface area contributed by atoms with Gasteiger partial charge in [0.2, 0.25) is 11.8 Å². The lowest BCUT2D eigenvalue weighted by molar-refractivity contribution is -0.139. The first-order valence-electron chi connectivity index (χ1n) is 15.6. The summed E-state index contributed by atoms with van der Waals surface area (Å²) in [6.45, 7) is 9.03. The Labute approximate surface area is 256 Å². The Bertz CT molecular complexity index is 1260. The number of benzene rings is 1. The fraction of sp³-hybridized carbons (Fsp3) is 0.576. The van der Waals surface area contributed by atoms with E-state index in [2.05, 4.69) is 17.2 Å². The van der Waals surface area contributed by atoms with Gasteiger partial charge in [-0.1, -0.05) is 44.0 Å². The molecule has 2 fully saturated rings. The minimum atomic E-state index is -0.558. The van der Waals surface area contributed by atoms with Gasteiger partial charge in [-0.15, -0.1) is 0 Å². The lowest BCUT2D eigenvalue weighted by atomic mass is 9.83. The second-order valence-electron chi connectivity index (χ2n) is 12.4. The molecule has 1 aromatic carbocycles. The molecule has 0 spiro atoms. The molecule has 43 heavy (non-hydrogen) atoms. The van der Waals surface area contributed by atoms with Crippen molar-refractivity contribution in [1.82, 2.24) is 20.4 Å². The molecule has 2 heterocycles. The molecule has 1 saturated heterocycles. The number of nitrogens with two attached hydrogens (primary N) is 1. The zero-order chi connectivity index (χ0) is 31.3. The van der Waals surface area contributed by atoms with E-state index in [9.17, 15) is 14.4 Å². The first-order chi connectivity index (χ1) is 20.5. The summed E-state index contributed by atoms with van der Waals surface area (Å²) in [6.07, 6.45) is 8.76. The van der Waals surface area contributed by atoms with Gasteiger partial charge in [0.15, 0.2) is 0 Å². The molecule has 4 rings (SSSR count). The molecule has 4 unspecified atom stereocenters. The minimum Gasteiger partial charge on any atom is -0.387 e. The van der Waals surface area contributed by atoms with Crippen LogP contribution in [0.5, 0.6) is 0 Å². The number of rotatable bonds is 9. The van der Waals surface area contributed by atoms with Crippen LogP contribution >= 0.6 is 0 Å². The number of anilines is 1. The molecular formula is C33H49N7O3. The Morgan fingerprint density at radius 3 is 2.47 bits per heavy atom. The van der Waals surface area contributed by atoms with E-state index in [-0.39, 0.29) is 41.8 Å². The van der Waals surface area contributed by atoms with E-state index in [0.717, 1.165) is 61.8 Å². The molecule has 0 radical (unpaired) electrons. The maximum atomic E-state index is 14.2. The number of fused-ring (bicyclic) bond motifs is 1. The lowest BCUT2D eigenvalue weighted by Gasteiger charge is -2.35. The highest BCUT2D eigenvalue weighted by Crippen LogP contribution is 2.42. The highest BCUT2D eigenvalue weighted by atomic mass is 16.2. The van der Waals surface area contributed by atoms with Gasteiger partial charge in [-0.3, -0.25) is 14.5 Å². The topological polar surface area (TPSA) is 123 Å². The van der Waals surface area contributed by atoms with Gasteiger partial charge in [0.25, 0.3) is 0 Å². The first kappa shape index (κ1) is 32.3. The second-order valence-corrected chi connectivity index (χ2v) is 12.4. The molecule has 10 heteroatoms. The molecule has 2 aliphatic heterocycles. The van der Waals surface area contributed by atoms with Gasteiger partial charge in [0, 0.05) is 38.8 Å². The maximum Gasteiger partial charge on any atom is 0.323 e. The van der Waals surface area contributed by atoms with Crippen LogP contribution in [0.1, 0.15) is 70.3 Å². The number of nitrogens with zero attached hydrogens (tertiary/aromatic N) is 4. The Balaban J connectivity index is 1.62. The standard InChI is InChI=1S/C33H49N7O3/c1-21(19-27(36-23(3)34)26-20-40(33(43)38(5)6)29-16-11-10-15-25(26)29)28-17-12-18-39(28)32(42)30(24-13-8-7-9-14-24)37-31(41)22(2)35-4/h10-11,15-16,19,22,24,26,28,30,35H,1,7-9,12-14,17-18,20H2,2-6H3,(H2,34,36)(H,37,41)/b27-19-. The van der Waals surface area contributed by atoms with Crippen LogP contribution in [0.3, 0.4) is 0 Å². The number of hydrogen-bond donors (Lipinski definition) is 3. The average molecular weight is 592 g/mol. The Morgan fingerprint density at radius 2 is 1.81 bits per heavy atom. The van der Waals surface area contributed by atoms with E-state index in [1.165, 1.54) is 0 Å². The van der Waals surface area contributed by atoms with E-state index in [0.29, 0.717) is 24.6 Å². The maximum absolute atomic E-state index is 14.2. The quantitative estimate of drug-likeness (QED) is 0.229. The van der Waals surface area contributed by atoms with Crippen molar-refractivity contribution < 1.29 is 14.4 Å². The molecule has 1 aromatic rings. The summed E-state index contributed by atoms with van der Waals surface area (Å²) in [5, 5.41) is 6.09. The predicted octanol–water partition coefficient (Wildman–Crippen LogP) is 3.75. The van der Waals surface area contributed by atoms with E-state index in [1.54, 1.807) is 44.8 Å². The number of para-hydroxylation sites is 1. The van der Waals surface area contributed by atoms with Gasteiger partial charge < -0.3 is 26.2 Å². The predicted molar refractivity (Wildman–Crippen MR) is 172 cm³/mol. The van der Waals surface area contributed by atoms with Crippen LogP contribution in [0.25, 0.3) is 0 Å². The molecule has 4 amide bonds. The highest BCUT2D eigenvalue weighted by molar-refractivity contribution is 5.95. The third-order valence-electron chi connectivity index (χ3n) is 9.05. The van der Waals surface area contributed by atoms with E-state index in [4.69, 9.17) is 10.7 Å². The van der Waals surface area contributed by atoms with Crippen LogP contribution in [-0.2, 0) is 9.59 Å². The third kappa shape index (κ3) is 7.29. The largest absolute Gasteiger partial charge is 0.387 e. The molecule has 1 aliphatic carbocycles. The van der Waals surface area contributed by atoms with E-state index in [1.807, 2.05) is 35.2 Å². The average Bonchev–Trinajstić information content (AvgIpc) is 3.64. The van der Waals surface area contributed by atoms with Crippen LogP contribution in [0, 0.1) is 5.92 Å². The molecule has 4 atom stereocenters. The number of aliphatic imine (C=N–C) groups is 1. The number of carbonyl (C=O) groups is 3. The number of hydrogen-bond acceptors (Lipinski definition) is 5. The van der Waals surface area contributed by atoms with Crippen molar-refractivity contribution in [3.8, 4) is 0 Å². The monoisotopic (exact) mass is 591 g/mol. The van der Waals surface area contributed by atoms with E-state index >= 15 is 0 Å². The third-order valence-corrected chi connectivity index (χ3v) is 9.05. The van der Waals surface area contributed by atoms with Crippen molar-refractivity contribution in [1.29, 1.82) is 0 Å². The second kappa shape index (κ2) is 14.2. The smallest absolute Gasteiger partial charge is 0.323 e. The summed E-state index contributed by atoms with van der Waals surface area (Å²) in [5.74, 6) is 0.141. The van der Waals surface area contributed by atoms with Crippen LogP contribution in [-0.4, -0.2) is 85.8 Å². The van der Waals surface area contributed by atoms with Gasteiger partial charge in [-0.05, 0) is 75.8 Å². The fourth-order valence-electron chi connectivity index (χ4n) is 6.64. The number of likely N-dealkylation sites (tertiary alicyclic amines) is 1. The molecular weight excluding hydrogens is 542 g/mol. The zero-order valence-corrected chi connectivity index (χ0v) is 26.4. The molecule has 0 aromatic heterocycles. The van der Waals surface area contributed by atoms with Crippen molar-refractivity contribution in [3.05, 3.63) is 53.8 Å². The summed E-state index contributed by atoms with van der Waals surface area (Å²) >= 11 is 0. The van der Waals surface area contributed by atoms with Gasteiger partial charge in [-0.25, -0.2) is 9.79 Å². The van der Waals surface area contributed by atoms with Gasteiger partial charge in [-0.2, -0.15) is 0 Å². The summed E-state index contributed by atoms with van der Waals surface area (Å²) in [4.78, 5) is 50.2. The Morgan fingerprint density at radius 1 is 1.12 bits per heavy atom. The summed E-state index contributed by atoms with van der Waals surface area (Å²) in [6, 6.07) is 6.61. The van der Waals surface area contributed by atoms with Crippen LogP contribution in [0.15, 0.2) is 53.2 Å². The molecule has 10 nitrogen and oxygen atoms in total. The summed E-state index contributed by atoms with van der Waals surface area (Å²) in [7, 11) is 5.23. The SMILES string of the molecule is C=C(/C=C(\N=C(C)N)C1CN(C(=O)N(C)C)c2ccccc21)C1CCCN1C(=O)C(NC(=O)C(C)NC)C1CCCCC1. The Hall–Kier alpha value is -3.66. The lowest BCUT2D eigenvalue weighted by Crippen LogP contribution is -2.56. The number of nitrogens with one attached hydrogen (secondary N) is 2. The van der Waals surface area contributed by atoms with E-state index < -0.39 is 6.04 Å². The normalized spacial score (nSPS) is 22.6. The molecule has 4 N–H and O–H groups in total. The Kier molecular flexibility index (Phi) is 10.7. The van der Waals surface area contributed by atoms with Crippen molar-refractivity contribution in [2.75, 3.05) is 39.1 Å². The van der Waals surface area contributed by atoms with Crippen LogP contribution in [0.2, 0.25) is 0 Å². The molecule has 0 bridgehead atoms. The number of likely N-dealkylation sites (N-methyl/N-ethyl adjacent to an activating group) is 1. The van der Waals surface area contributed by atoms with Crippen LogP contribution in [0.4, 0.5) is 10.5 Å². The van der Waals surface area contributed by atoms with Crippen molar-refractivity contribution >= 4 is 29.4 Å². The molecule has 1 saturated carbocycles. The number of carbonyl (C=O) groups excluding carboxylic acids is 3. The first-order valence-corrected chi connectivity index (χ1v) is 15.6. The summed E-state index contributed by atoms with van der Waals surface area (Å²) < 4.78 is 0. The van der Waals surface area contributed by atoms with Gasteiger partial charge in [0.05, 0.1) is 23.6 Å². The zero-order valence-electron chi connectivity index (χ0n) is 26.4. The fourth-order valence-corrected chi connectivity index (χ4v) is 6.64. The molecule has 3 aliphatic rings.